The fourth-order valence-electron chi connectivity index (χ4n) is 2.52. The van der Waals surface area contributed by atoms with Crippen LogP contribution in [0.5, 0.6) is 0 Å². The van der Waals surface area contributed by atoms with Gasteiger partial charge in [-0.15, -0.1) is 11.3 Å². The van der Waals surface area contributed by atoms with Crippen molar-refractivity contribution in [3.63, 3.8) is 0 Å². The molecule has 20 heavy (non-hydrogen) atoms. The number of carbonyl (C=O) groups is 1. The summed E-state index contributed by atoms with van der Waals surface area (Å²) in [6, 6.07) is 7.83. The lowest BCUT2D eigenvalue weighted by Gasteiger charge is -2.13. The number of hydrogen-bond acceptors (Lipinski definition) is 4. The van der Waals surface area contributed by atoms with Crippen LogP contribution in [-0.4, -0.2) is 11.9 Å². The lowest BCUT2D eigenvalue weighted by Crippen LogP contribution is -2.37. The fraction of sp³-hybridized carbons (Fsp3) is 0.267. The minimum atomic E-state index is -0.169. The number of rotatable bonds is 2. The zero-order valence-electron chi connectivity index (χ0n) is 11.3. The van der Waals surface area contributed by atoms with E-state index in [9.17, 15) is 4.79 Å². The van der Waals surface area contributed by atoms with Gasteiger partial charge in [-0.1, -0.05) is 19.1 Å². The minimum Gasteiger partial charge on any atom is -0.397 e. The minimum absolute atomic E-state index is 0.0127. The summed E-state index contributed by atoms with van der Waals surface area (Å²) in [5.41, 5.74) is 9.61. The summed E-state index contributed by atoms with van der Waals surface area (Å²) in [5.74, 6) is -0.0127. The van der Waals surface area contributed by atoms with Gasteiger partial charge in [0.1, 0.15) is 0 Å². The number of nitrogens with two attached hydrogens (primary N) is 1. The Morgan fingerprint density at radius 3 is 2.95 bits per heavy atom. The number of benzene rings is 1. The van der Waals surface area contributed by atoms with Gasteiger partial charge in [0.25, 0.3) is 0 Å². The van der Waals surface area contributed by atoms with Crippen molar-refractivity contribution >= 4 is 28.6 Å². The van der Waals surface area contributed by atoms with Gasteiger partial charge in [-0.2, -0.15) is 0 Å². The van der Waals surface area contributed by atoms with Gasteiger partial charge in [-0.25, -0.2) is 0 Å². The quantitative estimate of drug-likeness (QED) is 0.744. The molecular weight excluding hydrogens is 270 g/mol. The first-order chi connectivity index (χ1) is 9.70. The molecule has 0 aliphatic carbocycles. The number of carbonyl (C=O) groups excluding carboxylic acids is 1. The van der Waals surface area contributed by atoms with E-state index in [4.69, 9.17) is 5.73 Å². The van der Waals surface area contributed by atoms with Gasteiger partial charge in [-0.05, 0) is 29.5 Å². The first kappa shape index (κ1) is 13.1. The van der Waals surface area contributed by atoms with E-state index < -0.39 is 0 Å². The fourth-order valence-corrected chi connectivity index (χ4v) is 3.30. The van der Waals surface area contributed by atoms with Crippen molar-refractivity contribution in [2.75, 3.05) is 11.1 Å². The highest BCUT2D eigenvalue weighted by Gasteiger charge is 2.24. The molecule has 3 rings (SSSR count). The average molecular weight is 287 g/mol. The zero-order chi connectivity index (χ0) is 14.1. The van der Waals surface area contributed by atoms with Crippen molar-refractivity contribution in [1.29, 1.82) is 0 Å². The van der Waals surface area contributed by atoms with E-state index in [1.54, 1.807) is 11.3 Å². The summed E-state index contributed by atoms with van der Waals surface area (Å²) in [4.78, 5) is 13.3. The highest BCUT2D eigenvalue weighted by molar-refractivity contribution is 7.13. The molecule has 1 aliphatic heterocycles. The Kier molecular flexibility index (Phi) is 3.46. The second kappa shape index (κ2) is 5.26. The van der Waals surface area contributed by atoms with Gasteiger partial charge in [0, 0.05) is 17.0 Å². The van der Waals surface area contributed by atoms with Crippen molar-refractivity contribution in [1.82, 2.24) is 5.32 Å². The van der Waals surface area contributed by atoms with E-state index in [1.165, 1.54) is 4.88 Å². The Morgan fingerprint density at radius 1 is 1.40 bits per heavy atom. The molecule has 1 aromatic carbocycles. The second-order valence-electron chi connectivity index (χ2n) is 4.86. The highest BCUT2D eigenvalue weighted by Crippen LogP contribution is 2.36. The largest absolute Gasteiger partial charge is 0.397 e. The van der Waals surface area contributed by atoms with Gasteiger partial charge in [0.05, 0.1) is 17.4 Å². The third kappa shape index (κ3) is 2.19. The van der Waals surface area contributed by atoms with E-state index >= 15 is 0 Å². The summed E-state index contributed by atoms with van der Waals surface area (Å²) in [6.07, 6.45) is 0.758. The zero-order valence-corrected chi connectivity index (χ0v) is 12.1. The predicted molar refractivity (Wildman–Crippen MR) is 83.7 cm³/mol. The van der Waals surface area contributed by atoms with Gasteiger partial charge in [0.15, 0.2) is 0 Å². The van der Waals surface area contributed by atoms with Gasteiger partial charge < -0.3 is 16.4 Å². The summed E-state index contributed by atoms with van der Waals surface area (Å²) >= 11 is 1.69. The van der Waals surface area contributed by atoms with Crippen LogP contribution in [0.25, 0.3) is 10.4 Å². The Morgan fingerprint density at radius 2 is 2.25 bits per heavy atom. The topological polar surface area (TPSA) is 67.2 Å². The third-order valence-electron chi connectivity index (χ3n) is 3.63. The smallest absolute Gasteiger partial charge is 0.241 e. The number of fused-ring (bicyclic) bond motifs is 1. The number of nitrogen functional groups attached to an aromatic ring is 1. The van der Waals surface area contributed by atoms with Crippen LogP contribution >= 0.6 is 11.3 Å². The molecule has 1 aromatic heterocycles. The first-order valence-corrected chi connectivity index (χ1v) is 7.58. The maximum Gasteiger partial charge on any atom is 0.241 e. The molecule has 1 amide bonds. The number of hydrogen-bond donors (Lipinski definition) is 3. The molecule has 0 radical (unpaired) electrons. The van der Waals surface area contributed by atoms with E-state index in [-0.39, 0.29) is 11.9 Å². The monoisotopic (exact) mass is 287 g/mol. The molecule has 104 valence electrons. The molecule has 5 heteroatoms. The summed E-state index contributed by atoms with van der Waals surface area (Å²) in [5, 5.41) is 8.33. The molecule has 0 saturated heterocycles. The van der Waals surface area contributed by atoms with Crippen LogP contribution < -0.4 is 16.4 Å². The van der Waals surface area contributed by atoms with Crippen LogP contribution in [0.15, 0.2) is 29.6 Å². The Bertz CT molecular complexity index is 637. The molecule has 1 unspecified atom stereocenters. The van der Waals surface area contributed by atoms with Gasteiger partial charge in [0.2, 0.25) is 5.91 Å². The lowest BCUT2D eigenvalue weighted by atomic mass is 10.0. The van der Waals surface area contributed by atoms with Crippen molar-refractivity contribution in [2.24, 2.45) is 0 Å². The summed E-state index contributed by atoms with van der Waals surface area (Å²) in [7, 11) is 0. The molecule has 4 nitrogen and oxygen atoms in total. The predicted octanol–water partition coefficient (Wildman–Crippen LogP) is 2.82. The number of nitrogens with one attached hydrogen (secondary N) is 2. The molecule has 4 N–H and O–H groups in total. The molecule has 0 bridgehead atoms. The molecule has 0 fully saturated rings. The van der Waals surface area contributed by atoms with Crippen LogP contribution in [0, 0.1) is 0 Å². The van der Waals surface area contributed by atoms with E-state index in [2.05, 4.69) is 22.1 Å². The standard InChI is InChI=1S/C15H17N3OS/c1-2-12-15(19)18-14-10(8-17-12)9(5-6-11(14)16)13-4-3-7-20-13/h3-7,12,17H,2,8,16H2,1H3,(H,18,19). The first-order valence-electron chi connectivity index (χ1n) is 6.70. The summed E-state index contributed by atoms with van der Waals surface area (Å²) < 4.78 is 0. The maximum absolute atomic E-state index is 12.1. The van der Waals surface area contributed by atoms with Crippen LogP contribution in [-0.2, 0) is 11.3 Å². The maximum atomic E-state index is 12.1. The Hall–Kier alpha value is -1.85. The molecule has 1 aliphatic rings. The third-order valence-corrected chi connectivity index (χ3v) is 4.53. The average Bonchev–Trinajstić information content (AvgIpc) is 2.90. The van der Waals surface area contributed by atoms with Crippen molar-refractivity contribution in [3.05, 3.63) is 35.2 Å². The lowest BCUT2D eigenvalue weighted by molar-refractivity contribution is -0.118. The molecule has 0 saturated carbocycles. The normalized spacial score (nSPS) is 18.2. The molecule has 1 atom stereocenters. The van der Waals surface area contributed by atoms with Gasteiger partial charge >= 0.3 is 0 Å². The van der Waals surface area contributed by atoms with Crippen LogP contribution in [0.4, 0.5) is 11.4 Å². The molecule has 2 aromatic rings. The molecule has 0 spiro atoms. The van der Waals surface area contributed by atoms with Crippen LogP contribution in [0.3, 0.4) is 0 Å². The van der Waals surface area contributed by atoms with Crippen LogP contribution in [0.1, 0.15) is 18.9 Å². The van der Waals surface area contributed by atoms with Crippen molar-refractivity contribution in [2.45, 2.75) is 25.9 Å². The molecule has 2 heterocycles. The van der Waals surface area contributed by atoms with E-state index in [1.807, 2.05) is 25.1 Å². The molecular formula is C15H17N3OS. The van der Waals surface area contributed by atoms with Crippen LogP contribution in [0.2, 0.25) is 0 Å². The second-order valence-corrected chi connectivity index (χ2v) is 5.81. The Balaban J connectivity index is 2.11. The van der Waals surface area contributed by atoms with Crippen molar-refractivity contribution < 1.29 is 4.79 Å². The van der Waals surface area contributed by atoms with E-state index in [0.29, 0.717) is 12.2 Å². The Labute approximate surface area is 122 Å². The van der Waals surface area contributed by atoms with Crippen molar-refractivity contribution in [3.8, 4) is 10.4 Å². The SMILES string of the molecule is CCC1NCc2c(-c3cccs3)ccc(N)c2NC1=O. The van der Waals surface area contributed by atoms with Gasteiger partial charge in [-0.3, -0.25) is 4.79 Å². The number of thiophene rings is 1. The summed E-state index contributed by atoms with van der Waals surface area (Å²) in [6.45, 7) is 2.64. The number of anilines is 2. The highest BCUT2D eigenvalue weighted by atomic mass is 32.1. The van der Waals surface area contributed by atoms with E-state index in [0.717, 1.165) is 23.2 Å². The number of amides is 1.